The molecule has 0 bridgehead atoms. The van der Waals surface area contributed by atoms with Gasteiger partial charge in [0.05, 0.1) is 24.9 Å². The summed E-state index contributed by atoms with van der Waals surface area (Å²) >= 11 is 0. The lowest BCUT2D eigenvalue weighted by Crippen LogP contribution is -2.39. The number of hydrogen-bond acceptors (Lipinski definition) is 3. The third-order valence-electron chi connectivity index (χ3n) is 3.19. The minimum Gasteiger partial charge on any atom is -0.395 e. The lowest BCUT2D eigenvalue weighted by molar-refractivity contribution is -0.0215. The normalized spacial score (nSPS) is 13.8. The first kappa shape index (κ1) is 15.0. The molecule has 0 aliphatic rings. The highest BCUT2D eigenvalue weighted by Gasteiger charge is 2.15. The van der Waals surface area contributed by atoms with Crippen molar-refractivity contribution in [3.05, 3.63) is 36.0 Å². The van der Waals surface area contributed by atoms with Gasteiger partial charge in [0.2, 0.25) is 0 Å². The maximum atomic E-state index is 9.42. The summed E-state index contributed by atoms with van der Waals surface area (Å²) in [5.41, 5.74) is 2.16. The Labute approximate surface area is 120 Å². The topological polar surface area (TPSA) is 57.3 Å². The van der Waals surface area contributed by atoms with Crippen LogP contribution in [0.1, 0.15) is 26.3 Å². The van der Waals surface area contributed by atoms with Crippen molar-refractivity contribution in [1.29, 1.82) is 0 Å². The molecular weight excluding hydrogens is 252 g/mol. The van der Waals surface area contributed by atoms with Gasteiger partial charge < -0.3 is 20.1 Å². The van der Waals surface area contributed by atoms with Crippen LogP contribution in [0.25, 0.3) is 10.9 Å². The summed E-state index contributed by atoms with van der Waals surface area (Å²) in [7, 11) is 0. The molecule has 1 aromatic heterocycles. The molecule has 20 heavy (non-hydrogen) atoms. The van der Waals surface area contributed by atoms with E-state index in [1.54, 1.807) is 0 Å². The highest BCUT2D eigenvalue weighted by molar-refractivity contribution is 5.82. The van der Waals surface area contributed by atoms with Crippen LogP contribution >= 0.6 is 0 Å². The van der Waals surface area contributed by atoms with E-state index in [0.29, 0.717) is 13.2 Å². The second-order valence-electron chi connectivity index (χ2n) is 6.04. The number of hydrogen-bond donors (Lipinski definition) is 3. The molecule has 0 aliphatic heterocycles. The van der Waals surface area contributed by atoms with Crippen molar-refractivity contribution in [1.82, 2.24) is 10.3 Å². The monoisotopic (exact) mass is 276 g/mol. The van der Waals surface area contributed by atoms with E-state index in [1.165, 1.54) is 10.9 Å². The van der Waals surface area contributed by atoms with Crippen LogP contribution in [0.15, 0.2) is 30.5 Å². The molecule has 0 unspecified atom stereocenters. The van der Waals surface area contributed by atoms with Crippen molar-refractivity contribution in [3.63, 3.8) is 0 Å². The van der Waals surface area contributed by atoms with Crippen LogP contribution in [0.5, 0.6) is 0 Å². The first-order chi connectivity index (χ1) is 9.49. The zero-order chi connectivity index (χ0) is 14.6. The van der Waals surface area contributed by atoms with E-state index in [0.717, 1.165) is 5.52 Å². The average molecular weight is 276 g/mol. The van der Waals surface area contributed by atoms with Crippen molar-refractivity contribution in [3.8, 4) is 0 Å². The maximum absolute atomic E-state index is 9.42. The Morgan fingerprint density at radius 2 is 2.10 bits per heavy atom. The number of rotatable bonds is 6. The Morgan fingerprint density at radius 3 is 2.80 bits per heavy atom. The predicted molar refractivity (Wildman–Crippen MR) is 81.7 cm³/mol. The van der Waals surface area contributed by atoms with Crippen LogP contribution in [0.4, 0.5) is 0 Å². The lowest BCUT2D eigenvalue weighted by Gasteiger charge is -2.24. The molecule has 1 aromatic carbocycles. The van der Waals surface area contributed by atoms with Gasteiger partial charge in [-0.3, -0.25) is 0 Å². The molecule has 2 rings (SSSR count). The second kappa shape index (κ2) is 6.39. The number of aromatic nitrogens is 1. The fourth-order valence-electron chi connectivity index (χ4n) is 2.08. The van der Waals surface area contributed by atoms with E-state index < -0.39 is 0 Å². The summed E-state index contributed by atoms with van der Waals surface area (Å²) in [4.78, 5) is 3.25. The highest BCUT2D eigenvalue weighted by atomic mass is 16.5. The number of nitrogens with one attached hydrogen (secondary N) is 2. The molecule has 110 valence electrons. The third-order valence-corrected chi connectivity index (χ3v) is 3.19. The van der Waals surface area contributed by atoms with Crippen LogP contribution in [-0.4, -0.2) is 34.9 Å². The first-order valence-electron chi connectivity index (χ1n) is 7.03. The number of para-hydroxylation sites is 1. The van der Waals surface area contributed by atoms with E-state index in [4.69, 9.17) is 4.74 Å². The van der Waals surface area contributed by atoms with E-state index in [1.807, 2.05) is 33.0 Å². The van der Waals surface area contributed by atoms with Gasteiger partial charge >= 0.3 is 0 Å². The fourth-order valence-corrected chi connectivity index (χ4v) is 2.08. The molecule has 4 nitrogen and oxygen atoms in total. The Kier molecular flexibility index (Phi) is 4.81. The summed E-state index contributed by atoms with van der Waals surface area (Å²) in [6.45, 7) is 7.32. The summed E-state index contributed by atoms with van der Waals surface area (Å²) in [5.74, 6) is 0. The van der Waals surface area contributed by atoms with E-state index in [2.05, 4.69) is 28.5 Å². The molecule has 2 aromatic rings. The van der Waals surface area contributed by atoms with Crippen molar-refractivity contribution >= 4 is 10.9 Å². The average Bonchev–Trinajstić information content (AvgIpc) is 2.86. The predicted octanol–water partition coefficient (Wildman–Crippen LogP) is 2.43. The van der Waals surface area contributed by atoms with Gasteiger partial charge in [0.1, 0.15) is 0 Å². The Bertz CT molecular complexity index is 543. The van der Waals surface area contributed by atoms with Gasteiger partial charge in [-0.2, -0.15) is 0 Å². The second-order valence-corrected chi connectivity index (χ2v) is 6.04. The number of ether oxygens (including phenoxy) is 1. The number of aromatic amines is 1. The number of H-pyrrole nitrogens is 1. The molecular formula is C16H24N2O2. The number of fused-ring (bicyclic) bond motifs is 1. The minimum absolute atomic E-state index is 0.0561. The van der Waals surface area contributed by atoms with Crippen molar-refractivity contribution in [2.45, 2.75) is 39.0 Å². The zero-order valence-corrected chi connectivity index (χ0v) is 12.4. The standard InChI is InChI=1S/C16H24N2O2/c1-16(2,3)20-11-14(10-19)18-9-13-6-4-5-12-7-8-17-15(12)13/h4-8,14,17-19H,9-11H2,1-3H3/t14-/m0/s1. The van der Waals surface area contributed by atoms with Crippen LogP contribution in [0, 0.1) is 0 Å². The molecule has 0 aliphatic carbocycles. The quantitative estimate of drug-likeness (QED) is 0.759. The maximum Gasteiger partial charge on any atom is 0.0649 e. The minimum atomic E-state index is -0.186. The molecule has 0 amide bonds. The van der Waals surface area contributed by atoms with Crippen LogP contribution < -0.4 is 5.32 Å². The summed E-state index contributed by atoms with van der Waals surface area (Å²) in [6.07, 6.45) is 1.94. The van der Waals surface area contributed by atoms with E-state index >= 15 is 0 Å². The fraction of sp³-hybridized carbons (Fsp3) is 0.500. The Morgan fingerprint density at radius 1 is 1.30 bits per heavy atom. The smallest absolute Gasteiger partial charge is 0.0649 e. The molecule has 0 fully saturated rings. The molecule has 0 saturated carbocycles. The third kappa shape index (κ3) is 4.07. The summed E-state index contributed by atoms with van der Waals surface area (Å²) in [5, 5.41) is 14.0. The Balaban J connectivity index is 1.94. The van der Waals surface area contributed by atoms with Crippen molar-refractivity contribution < 1.29 is 9.84 Å². The number of aliphatic hydroxyl groups excluding tert-OH is 1. The van der Waals surface area contributed by atoms with Gasteiger partial charge in [0.25, 0.3) is 0 Å². The van der Waals surface area contributed by atoms with Gasteiger partial charge in [0, 0.05) is 18.3 Å². The molecule has 3 N–H and O–H groups in total. The number of aliphatic hydroxyl groups is 1. The van der Waals surface area contributed by atoms with Gasteiger partial charge in [-0.05, 0) is 37.8 Å². The van der Waals surface area contributed by atoms with Crippen molar-refractivity contribution in [2.24, 2.45) is 0 Å². The van der Waals surface area contributed by atoms with Crippen LogP contribution in [-0.2, 0) is 11.3 Å². The van der Waals surface area contributed by atoms with Crippen LogP contribution in [0.3, 0.4) is 0 Å². The Hall–Kier alpha value is -1.36. The van der Waals surface area contributed by atoms with E-state index in [-0.39, 0.29) is 18.2 Å². The summed E-state index contributed by atoms with van der Waals surface area (Å²) < 4.78 is 5.71. The zero-order valence-electron chi connectivity index (χ0n) is 12.4. The largest absolute Gasteiger partial charge is 0.395 e. The van der Waals surface area contributed by atoms with Gasteiger partial charge in [0.15, 0.2) is 0 Å². The molecule has 4 heteroatoms. The van der Waals surface area contributed by atoms with E-state index in [9.17, 15) is 5.11 Å². The van der Waals surface area contributed by atoms with Crippen molar-refractivity contribution in [2.75, 3.05) is 13.2 Å². The van der Waals surface area contributed by atoms with Gasteiger partial charge in [-0.1, -0.05) is 18.2 Å². The lowest BCUT2D eigenvalue weighted by atomic mass is 10.1. The molecule has 0 radical (unpaired) electrons. The highest BCUT2D eigenvalue weighted by Crippen LogP contribution is 2.16. The summed E-state index contributed by atoms with van der Waals surface area (Å²) in [6, 6.07) is 8.23. The van der Waals surface area contributed by atoms with Gasteiger partial charge in [-0.15, -0.1) is 0 Å². The van der Waals surface area contributed by atoms with Crippen LogP contribution in [0.2, 0.25) is 0 Å². The molecule has 1 heterocycles. The molecule has 1 atom stereocenters. The number of benzene rings is 1. The van der Waals surface area contributed by atoms with Gasteiger partial charge in [-0.25, -0.2) is 0 Å². The SMILES string of the molecule is CC(C)(C)OC[C@H](CO)NCc1cccc2cc[nH]c12. The molecule has 0 saturated heterocycles. The molecule has 0 spiro atoms. The first-order valence-corrected chi connectivity index (χ1v) is 7.03.